The second-order valence-electron chi connectivity index (χ2n) is 10.8. The number of aliphatic hydroxyl groups is 3. The van der Waals surface area contributed by atoms with Gasteiger partial charge in [-0.25, -0.2) is 19.6 Å². The van der Waals surface area contributed by atoms with Crippen molar-refractivity contribution in [2.24, 2.45) is 0 Å². The molecule has 17 heteroatoms. The molecule has 2 fully saturated rings. The number of ether oxygens (including phenoxy) is 5. The van der Waals surface area contributed by atoms with E-state index in [0.717, 1.165) is 4.57 Å². The van der Waals surface area contributed by atoms with Gasteiger partial charge in [0.25, 0.3) is 0 Å². The molecule has 0 amide bonds. The highest BCUT2D eigenvalue weighted by Gasteiger charge is 2.51. The molecular weight excluding hydrogens is 636 g/mol. The van der Waals surface area contributed by atoms with Gasteiger partial charge in [-0.15, -0.1) is 0 Å². The van der Waals surface area contributed by atoms with Crippen molar-refractivity contribution in [2.45, 2.75) is 116 Å². The first kappa shape index (κ1) is 40.1. The van der Waals surface area contributed by atoms with Crippen LogP contribution in [0.2, 0.25) is 0 Å². The summed E-state index contributed by atoms with van der Waals surface area (Å²) in [5.41, 5.74) is -1.20. The van der Waals surface area contributed by atoms with Crippen molar-refractivity contribution < 1.29 is 53.4 Å². The number of esters is 3. The Morgan fingerprint density at radius 3 is 1.71 bits per heavy atom. The van der Waals surface area contributed by atoms with Crippen LogP contribution < -0.4 is 11.4 Å². The van der Waals surface area contributed by atoms with Crippen LogP contribution in [-0.4, -0.2) is 102 Å². The molecule has 2 aromatic heterocycles. The molecule has 2 aliphatic heterocycles. The minimum absolute atomic E-state index is 0. The van der Waals surface area contributed by atoms with Crippen LogP contribution in [0.4, 0.5) is 0 Å². The van der Waals surface area contributed by atoms with Gasteiger partial charge < -0.3 is 39.0 Å². The van der Waals surface area contributed by atoms with Crippen molar-refractivity contribution in [2.75, 3.05) is 13.2 Å². The zero-order valence-corrected chi connectivity index (χ0v) is 26.5. The lowest BCUT2D eigenvalue weighted by molar-refractivity contribution is -0.169. The Hall–Kier alpha value is -4.03. The Morgan fingerprint density at radius 1 is 0.750 bits per heavy atom. The van der Waals surface area contributed by atoms with Crippen molar-refractivity contribution in [3.63, 3.8) is 0 Å². The van der Waals surface area contributed by atoms with Crippen LogP contribution >= 0.6 is 0 Å². The Bertz CT molecular complexity index is 1430. The number of rotatable bonds is 13. The van der Waals surface area contributed by atoms with Gasteiger partial charge in [-0.2, -0.15) is 0 Å². The average molecular weight is 683 g/mol. The summed E-state index contributed by atoms with van der Waals surface area (Å²) in [6.45, 7) is 4.86. The largest absolute Gasteiger partial charge is 0.463 e. The molecule has 17 nitrogen and oxygen atoms in total. The molecule has 8 atom stereocenters. The van der Waals surface area contributed by atoms with Crippen LogP contribution in [0.3, 0.4) is 0 Å². The topological polar surface area (TPSA) is 228 Å². The van der Waals surface area contributed by atoms with Crippen LogP contribution in [0.1, 0.15) is 79.2 Å². The molecule has 3 N–H and O–H groups in total. The number of hydrogen-bond donors (Lipinski definition) is 3. The first-order chi connectivity index (χ1) is 22.6. The van der Waals surface area contributed by atoms with Gasteiger partial charge in [0.1, 0.15) is 31.0 Å². The summed E-state index contributed by atoms with van der Waals surface area (Å²) >= 11 is 0. The number of nitrogens with zero attached hydrogens (tertiary/aromatic N) is 4. The maximum Gasteiger partial charge on any atom is 0.349 e. The van der Waals surface area contributed by atoms with Crippen molar-refractivity contribution in [3.05, 3.63) is 57.9 Å². The third-order valence-electron chi connectivity index (χ3n) is 7.13. The first-order valence-electron chi connectivity index (χ1n) is 15.4. The van der Waals surface area contributed by atoms with Crippen LogP contribution in [0.25, 0.3) is 0 Å². The summed E-state index contributed by atoms with van der Waals surface area (Å²) in [5.74, 6) is -1.44. The molecule has 2 saturated heterocycles. The van der Waals surface area contributed by atoms with E-state index in [1.807, 2.05) is 20.8 Å². The Kier molecular flexibility index (Phi) is 16.5. The lowest BCUT2D eigenvalue weighted by Gasteiger charge is -2.24. The summed E-state index contributed by atoms with van der Waals surface area (Å²) in [5, 5.41) is 28.1. The van der Waals surface area contributed by atoms with E-state index < -0.39 is 85.0 Å². The molecule has 0 spiro atoms. The maximum absolute atomic E-state index is 12.3. The summed E-state index contributed by atoms with van der Waals surface area (Å²) in [6.07, 6.45) is -0.794. The van der Waals surface area contributed by atoms with Gasteiger partial charge in [0.2, 0.25) is 0 Å². The molecule has 0 aromatic carbocycles. The quantitative estimate of drug-likeness (QED) is 0.192. The highest BCUT2D eigenvalue weighted by molar-refractivity contribution is 5.71. The SMILES string of the molecule is C.CCCC(=O)OC[C@H]1O[C@@H](n2cccnc2=O)C(OC(=O)CCC)[C@H]1OC(=O)CCC.O=c1ncccn1[C@@H]1O[C@H](CO)[C@H](O)C1O. The predicted molar refractivity (Wildman–Crippen MR) is 166 cm³/mol. The van der Waals surface area contributed by atoms with Gasteiger partial charge in [0, 0.05) is 44.0 Å². The Morgan fingerprint density at radius 2 is 1.23 bits per heavy atom. The zero-order chi connectivity index (χ0) is 34.5. The number of aliphatic hydroxyl groups excluding tert-OH is 3. The fourth-order valence-electron chi connectivity index (χ4n) is 4.85. The van der Waals surface area contributed by atoms with Gasteiger partial charge in [-0.1, -0.05) is 28.2 Å². The highest BCUT2D eigenvalue weighted by atomic mass is 16.7. The number of hydrogen-bond acceptors (Lipinski definition) is 15. The van der Waals surface area contributed by atoms with Gasteiger partial charge in [0.05, 0.1) is 6.61 Å². The number of carbonyl (C=O) groups is 3. The van der Waals surface area contributed by atoms with Crippen LogP contribution in [-0.2, 0) is 38.1 Å². The van der Waals surface area contributed by atoms with E-state index in [1.165, 1.54) is 41.5 Å². The zero-order valence-electron chi connectivity index (χ0n) is 26.5. The summed E-state index contributed by atoms with van der Waals surface area (Å²) in [4.78, 5) is 67.2. The molecular formula is C31H46N4O13. The second-order valence-corrected chi connectivity index (χ2v) is 10.8. The van der Waals surface area contributed by atoms with E-state index >= 15 is 0 Å². The average Bonchev–Trinajstić information content (AvgIpc) is 3.52. The minimum atomic E-state index is -1.26. The number of aromatic nitrogens is 4. The van der Waals surface area contributed by atoms with Crippen molar-refractivity contribution in [1.82, 2.24) is 19.1 Å². The molecule has 2 aromatic rings. The third kappa shape index (κ3) is 10.5. The first-order valence-corrected chi connectivity index (χ1v) is 15.4. The molecule has 4 heterocycles. The second kappa shape index (κ2) is 19.7. The summed E-state index contributed by atoms with van der Waals surface area (Å²) in [7, 11) is 0. The molecule has 2 unspecified atom stereocenters. The van der Waals surface area contributed by atoms with Crippen LogP contribution in [0.15, 0.2) is 46.5 Å². The van der Waals surface area contributed by atoms with E-state index in [1.54, 1.807) is 0 Å². The normalized spacial score (nSPS) is 26.0. The number of carbonyl (C=O) groups excluding carboxylic acids is 3. The minimum Gasteiger partial charge on any atom is -0.463 e. The summed E-state index contributed by atoms with van der Waals surface area (Å²) < 4.78 is 29.8. The van der Waals surface area contributed by atoms with E-state index in [9.17, 15) is 34.2 Å². The smallest absolute Gasteiger partial charge is 0.349 e. The third-order valence-corrected chi connectivity index (χ3v) is 7.13. The fraction of sp³-hybridized carbons (Fsp3) is 0.645. The van der Waals surface area contributed by atoms with Crippen molar-refractivity contribution in [1.29, 1.82) is 0 Å². The monoisotopic (exact) mass is 682 g/mol. The lowest BCUT2D eigenvalue weighted by atomic mass is 10.1. The van der Waals surface area contributed by atoms with E-state index in [4.69, 9.17) is 28.8 Å². The standard InChI is InChI=1S/C21H30N2O8.C9H12N2O5.CH4/c1-4-8-15(24)28-13-14-18(30-16(25)9-5-2)19(31-17(26)10-6-3)20(29-14)23-12-7-11-22-21(23)27;12-4-5-6(13)7(14)8(16-5)11-3-1-2-10-9(11)15;/h7,11-12,14,18-20H,4-6,8-10,13H2,1-3H3;1-3,5-8,12-14H,4H2;1H4/t14-,18+,19?,20-;5-,6+,7?,8-;/m11./s1. The molecule has 0 aliphatic carbocycles. The maximum atomic E-state index is 12.3. The van der Waals surface area contributed by atoms with Gasteiger partial charge >= 0.3 is 29.3 Å². The van der Waals surface area contributed by atoms with E-state index in [0.29, 0.717) is 19.3 Å². The van der Waals surface area contributed by atoms with Crippen LogP contribution in [0.5, 0.6) is 0 Å². The molecule has 2 aliphatic rings. The van der Waals surface area contributed by atoms with Crippen LogP contribution in [0, 0.1) is 0 Å². The van der Waals surface area contributed by atoms with Gasteiger partial charge in [0.15, 0.2) is 24.7 Å². The Balaban J connectivity index is 0.000000394. The predicted octanol–water partition coefficient (Wildman–Crippen LogP) is 0.399. The van der Waals surface area contributed by atoms with E-state index in [2.05, 4.69) is 9.97 Å². The van der Waals surface area contributed by atoms with Gasteiger partial charge in [-0.05, 0) is 31.4 Å². The molecule has 48 heavy (non-hydrogen) atoms. The lowest BCUT2D eigenvalue weighted by Crippen LogP contribution is -2.42. The van der Waals surface area contributed by atoms with Gasteiger partial charge in [-0.3, -0.25) is 23.5 Å². The molecule has 0 bridgehead atoms. The van der Waals surface area contributed by atoms with Crippen molar-refractivity contribution in [3.8, 4) is 0 Å². The Labute approximate surface area is 277 Å². The molecule has 268 valence electrons. The summed E-state index contributed by atoms with van der Waals surface area (Å²) in [6, 6.07) is 3.04. The molecule has 0 saturated carbocycles. The fourth-order valence-corrected chi connectivity index (χ4v) is 4.85. The van der Waals surface area contributed by atoms with Crippen molar-refractivity contribution >= 4 is 17.9 Å². The molecule has 4 rings (SSSR count). The van der Waals surface area contributed by atoms with E-state index in [-0.39, 0.29) is 33.3 Å². The molecule has 0 radical (unpaired) electrons. The highest BCUT2D eigenvalue weighted by Crippen LogP contribution is 2.34.